The van der Waals surface area contributed by atoms with Crippen LogP contribution in [-0.2, 0) is 14.3 Å². The Morgan fingerprint density at radius 2 is 1.76 bits per heavy atom. The Bertz CT molecular complexity index is 828. The molecular weight excluding hydrogens is 392 g/mol. The molecule has 0 aliphatic heterocycles. The van der Waals surface area contributed by atoms with Crippen molar-refractivity contribution in [1.82, 2.24) is 0 Å². The third kappa shape index (κ3) is 4.39. The Morgan fingerprint density at radius 3 is 2.40 bits per heavy atom. The Kier molecular flexibility index (Phi) is 6.19. The number of benzene rings is 2. The van der Waals surface area contributed by atoms with Crippen LogP contribution in [-0.4, -0.2) is 31.3 Å². The van der Waals surface area contributed by atoms with Gasteiger partial charge in [-0.3, -0.25) is 0 Å². The van der Waals surface area contributed by atoms with E-state index >= 15 is 0 Å². The summed E-state index contributed by atoms with van der Waals surface area (Å²) >= 11 is 3.37. The summed E-state index contributed by atoms with van der Waals surface area (Å²) in [6.45, 7) is 0. The summed E-state index contributed by atoms with van der Waals surface area (Å²) in [6, 6.07) is 11.5. The number of hydrogen-bond acceptors (Lipinski definition) is 6. The van der Waals surface area contributed by atoms with Gasteiger partial charge in [0.15, 0.2) is 11.5 Å². The molecule has 0 bridgehead atoms. The van der Waals surface area contributed by atoms with Gasteiger partial charge in [0, 0.05) is 4.47 Å². The number of aromatic hydroxyl groups is 1. The molecule has 0 saturated heterocycles. The molecule has 0 aromatic heterocycles. The lowest BCUT2D eigenvalue weighted by Gasteiger charge is -2.12. The lowest BCUT2D eigenvalue weighted by molar-refractivity contribution is -0.138. The summed E-state index contributed by atoms with van der Waals surface area (Å²) in [6.07, 6.45) is 1.46. The van der Waals surface area contributed by atoms with Crippen molar-refractivity contribution in [3.63, 3.8) is 0 Å². The third-order valence-corrected chi connectivity index (χ3v) is 3.92. The zero-order valence-corrected chi connectivity index (χ0v) is 15.1. The molecule has 0 heterocycles. The molecule has 1 N–H and O–H groups in total. The van der Waals surface area contributed by atoms with Crippen molar-refractivity contribution in [2.45, 2.75) is 0 Å². The average molecular weight is 407 g/mol. The smallest absolute Gasteiger partial charge is 0.373 e. The monoisotopic (exact) mass is 406 g/mol. The first-order chi connectivity index (χ1) is 12.0. The fourth-order valence-corrected chi connectivity index (χ4v) is 2.36. The summed E-state index contributed by atoms with van der Waals surface area (Å²) in [5.74, 6) is -2.13. The van der Waals surface area contributed by atoms with Crippen molar-refractivity contribution < 1.29 is 28.9 Å². The molecule has 0 aliphatic rings. The molecule has 0 aliphatic carbocycles. The van der Waals surface area contributed by atoms with Crippen LogP contribution < -0.4 is 4.74 Å². The van der Waals surface area contributed by atoms with Crippen molar-refractivity contribution in [2.24, 2.45) is 0 Å². The summed E-state index contributed by atoms with van der Waals surface area (Å²) < 4.78 is 15.5. The van der Waals surface area contributed by atoms with Crippen molar-refractivity contribution in [2.75, 3.05) is 14.2 Å². The van der Waals surface area contributed by atoms with Gasteiger partial charge in [-0.2, -0.15) is 0 Å². The molecule has 2 aromatic carbocycles. The van der Waals surface area contributed by atoms with Crippen LogP contribution in [0, 0.1) is 0 Å². The number of carbonyl (C=O) groups excluding carboxylic acids is 2. The van der Waals surface area contributed by atoms with Gasteiger partial charge < -0.3 is 19.3 Å². The number of ether oxygens (including phenoxy) is 3. The van der Waals surface area contributed by atoms with E-state index in [1.807, 2.05) is 6.07 Å². The van der Waals surface area contributed by atoms with E-state index < -0.39 is 17.7 Å². The first-order valence-corrected chi connectivity index (χ1v) is 7.90. The normalized spacial score (nSPS) is 10.9. The largest absolute Gasteiger partial charge is 0.504 e. The van der Waals surface area contributed by atoms with E-state index in [0.717, 1.165) is 4.47 Å². The Hall–Kier alpha value is -2.80. The second-order valence-electron chi connectivity index (χ2n) is 4.77. The number of rotatable bonds is 5. The molecule has 0 fully saturated rings. The molecule has 2 rings (SSSR count). The molecule has 2 aromatic rings. The summed E-state index contributed by atoms with van der Waals surface area (Å²) in [4.78, 5) is 23.7. The van der Waals surface area contributed by atoms with E-state index in [0.29, 0.717) is 5.56 Å². The number of esters is 2. The Balaban J connectivity index is 2.44. The SMILES string of the molecule is COC(=O)/C(=C\c1ccccc1Br)Oc1cccc(C(=O)OC)c1O. The van der Waals surface area contributed by atoms with Crippen molar-refractivity contribution in [3.8, 4) is 11.5 Å². The first kappa shape index (κ1) is 18.5. The minimum atomic E-state index is -0.737. The van der Waals surface area contributed by atoms with Gasteiger partial charge in [0.1, 0.15) is 5.56 Å². The van der Waals surface area contributed by atoms with Crippen LogP contribution in [0.4, 0.5) is 0 Å². The summed E-state index contributed by atoms with van der Waals surface area (Å²) in [5, 5.41) is 10.2. The highest BCUT2D eigenvalue weighted by atomic mass is 79.9. The van der Waals surface area contributed by atoms with Gasteiger partial charge in [0.2, 0.25) is 5.76 Å². The molecule has 0 amide bonds. The molecule has 0 atom stereocenters. The maximum atomic E-state index is 12.0. The zero-order valence-electron chi connectivity index (χ0n) is 13.5. The van der Waals surface area contributed by atoms with Crippen LogP contribution in [0.1, 0.15) is 15.9 Å². The molecule has 7 heteroatoms. The van der Waals surface area contributed by atoms with Crippen LogP contribution in [0.3, 0.4) is 0 Å². The number of halogens is 1. The topological polar surface area (TPSA) is 82.1 Å². The van der Waals surface area contributed by atoms with Crippen molar-refractivity contribution in [1.29, 1.82) is 0 Å². The molecule has 0 radical (unpaired) electrons. The minimum absolute atomic E-state index is 0.0772. The van der Waals surface area contributed by atoms with Crippen LogP contribution in [0.2, 0.25) is 0 Å². The van der Waals surface area contributed by atoms with Gasteiger partial charge in [0.05, 0.1) is 14.2 Å². The Morgan fingerprint density at radius 1 is 1.04 bits per heavy atom. The van der Waals surface area contributed by atoms with Gasteiger partial charge in [0.25, 0.3) is 0 Å². The van der Waals surface area contributed by atoms with Gasteiger partial charge in [-0.15, -0.1) is 0 Å². The lowest BCUT2D eigenvalue weighted by atomic mass is 10.2. The van der Waals surface area contributed by atoms with Crippen LogP contribution in [0.25, 0.3) is 6.08 Å². The molecule has 130 valence electrons. The van der Waals surface area contributed by atoms with E-state index in [1.165, 1.54) is 38.5 Å². The first-order valence-electron chi connectivity index (χ1n) is 7.10. The maximum Gasteiger partial charge on any atom is 0.373 e. The highest BCUT2D eigenvalue weighted by Gasteiger charge is 2.20. The number of carbonyl (C=O) groups is 2. The second kappa shape index (κ2) is 8.34. The summed E-state index contributed by atoms with van der Waals surface area (Å²) in [5.41, 5.74) is 0.594. The maximum absolute atomic E-state index is 12.0. The van der Waals surface area contributed by atoms with Crippen LogP contribution in [0.5, 0.6) is 11.5 Å². The van der Waals surface area contributed by atoms with Crippen LogP contribution >= 0.6 is 15.9 Å². The average Bonchev–Trinajstić information content (AvgIpc) is 2.63. The van der Waals surface area contributed by atoms with Crippen molar-refractivity contribution >= 4 is 33.9 Å². The van der Waals surface area contributed by atoms with Crippen molar-refractivity contribution in [3.05, 3.63) is 63.8 Å². The van der Waals surface area contributed by atoms with Gasteiger partial charge in [-0.25, -0.2) is 9.59 Å². The van der Waals surface area contributed by atoms with E-state index in [4.69, 9.17) is 9.47 Å². The molecule has 6 nitrogen and oxygen atoms in total. The zero-order chi connectivity index (χ0) is 18.4. The van der Waals surface area contributed by atoms with Gasteiger partial charge >= 0.3 is 11.9 Å². The molecule has 0 saturated carbocycles. The molecule has 25 heavy (non-hydrogen) atoms. The number of phenolic OH excluding ortho intramolecular Hbond substituents is 1. The quantitative estimate of drug-likeness (QED) is 0.464. The molecular formula is C18H15BrO6. The predicted octanol–water partition coefficient (Wildman–Crippen LogP) is 3.53. The van der Waals surface area contributed by atoms with Gasteiger partial charge in [-0.1, -0.05) is 40.2 Å². The van der Waals surface area contributed by atoms with Gasteiger partial charge in [-0.05, 0) is 29.8 Å². The number of methoxy groups -OCH3 is 2. The molecule has 0 unspecified atom stereocenters. The second-order valence-corrected chi connectivity index (χ2v) is 5.62. The fraction of sp³-hybridized carbons (Fsp3) is 0.111. The highest BCUT2D eigenvalue weighted by Crippen LogP contribution is 2.32. The number of hydrogen-bond donors (Lipinski definition) is 1. The van der Waals surface area contributed by atoms with E-state index in [1.54, 1.807) is 18.2 Å². The fourth-order valence-electron chi connectivity index (χ4n) is 1.96. The highest BCUT2D eigenvalue weighted by molar-refractivity contribution is 9.10. The lowest BCUT2D eigenvalue weighted by Crippen LogP contribution is -2.11. The number of para-hydroxylation sites is 1. The predicted molar refractivity (Wildman–Crippen MR) is 94.2 cm³/mol. The van der Waals surface area contributed by atoms with E-state index in [2.05, 4.69) is 20.7 Å². The minimum Gasteiger partial charge on any atom is -0.504 e. The van der Waals surface area contributed by atoms with Crippen LogP contribution in [0.15, 0.2) is 52.7 Å². The standard InChI is InChI=1S/C18H15BrO6/c1-23-17(21)12-7-5-9-14(16(12)20)25-15(18(22)24-2)10-11-6-3-4-8-13(11)19/h3-10,20H,1-2H3/b15-10+. The van der Waals surface area contributed by atoms with E-state index in [-0.39, 0.29) is 17.1 Å². The molecule has 0 spiro atoms. The third-order valence-electron chi connectivity index (χ3n) is 3.20. The van der Waals surface area contributed by atoms with E-state index in [9.17, 15) is 14.7 Å². The number of phenols is 1. The summed E-state index contributed by atoms with van der Waals surface area (Å²) in [7, 11) is 2.41. The Labute approximate surface area is 152 Å².